The first-order chi connectivity index (χ1) is 7.17. The van der Waals surface area contributed by atoms with Gasteiger partial charge in [-0.15, -0.1) is 0 Å². The second-order valence-electron chi connectivity index (χ2n) is 2.76. The number of ketones is 1. The fourth-order valence-electron chi connectivity index (χ4n) is 0.984. The molecule has 0 radical (unpaired) electrons. The summed E-state index contributed by atoms with van der Waals surface area (Å²) in [7, 11) is 2.72. The molecule has 5 nitrogen and oxygen atoms in total. The third-order valence-electron chi connectivity index (χ3n) is 1.79. The number of nitrogens with zero attached hydrogens (tertiary/aromatic N) is 1. The van der Waals surface area contributed by atoms with Gasteiger partial charge in [0.25, 0.3) is 0 Å². The van der Waals surface area contributed by atoms with E-state index in [0.717, 1.165) is 0 Å². The number of carbonyl (C=O) groups excluding carboxylic acids is 2. The van der Waals surface area contributed by atoms with E-state index in [1.807, 2.05) is 0 Å². The SMILES string of the molecule is COC(=O)CC(=O)c1cc(OC)ccn1. The Labute approximate surface area is 87.0 Å². The fourth-order valence-corrected chi connectivity index (χ4v) is 0.984. The minimum atomic E-state index is -0.579. The summed E-state index contributed by atoms with van der Waals surface area (Å²) in [6.07, 6.45) is 1.14. The van der Waals surface area contributed by atoms with Crippen molar-refractivity contribution in [3.63, 3.8) is 0 Å². The largest absolute Gasteiger partial charge is 0.497 e. The van der Waals surface area contributed by atoms with Gasteiger partial charge in [0.05, 0.1) is 14.2 Å². The van der Waals surface area contributed by atoms with Gasteiger partial charge in [-0.2, -0.15) is 0 Å². The number of pyridine rings is 1. The predicted molar refractivity (Wildman–Crippen MR) is 51.8 cm³/mol. The standard InChI is InChI=1S/C10H11NO4/c1-14-7-3-4-11-8(5-7)9(12)6-10(13)15-2/h3-5H,6H2,1-2H3. The van der Waals surface area contributed by atoms with Crippen LogP contribution in [-0.4, -0.2) is 31.0 Å². The van der Waals surface area contributed by atoms with Crippen molar-refractivity contribution in [1.29, 1.82) is 0 Å². The van der Waals surface area contributed by atoms with Gasteiger partial charge < -0.3 is 9.47 Å². The second-order valence-corrected chi connectivity index (χ2v) is 2.76. The van der Waals surface area contributed by atoms with Crippen molar-refractivity contribution in [3.05, 3.63) is 24.0 Å². The van der Waals surface area contributed by atoms with Crippen molar-refractivity contribution in [2.75, 3.05) is 14.2 Å². The van der Waals surface area contributed by atoms with Crippen LogP contribution in [0.15, 0.2) is 18.3 Å². The highest BCUT2D eigenvalue weighted by molar-refractivity contribution is 6.04. The fraction of sp³-hybridized carbons (Fsp3) is 0.300. The van der Waals surface area contributed by atoms with Gasteiger partial charge >= 0.3 is 5.97 Å². The Morgan fingerprint density at radius 2 is 2.13 bits per heavy atom. The van der Waals surface area contributed by atoms with Gasteiger partial charge in [-0.05, 0) is 6.07 Å². The lowest BCUT2D eigenvalue weighted by Crippen LogP contribution is -2.10. The minimum Gasteiger partial charge on any atom is -0.497 e. The molecule has 1 aromatic heterocycles. The van der Waals surface area contributed by atoms with E-state index >= 15 is 0 Å². The molecular formula is C10H11NO4. The third-order valence-corrected chi connectivity index (χ3v) is 1.79. The molecule has 0 fully saturated rings. The van der Waals surface area contributed by atoms with E-state index in [4.69, 9.17) is 4.74 Å². The second kappa shape index (κ2) is 5.09. The van der Waals surface area contributed by atoms with Crippen LogP contribution < -0.4 is 4.74 Å². The summed E-state index contributed by atoms with van der Waals surface area (Å²) in [6, 6.07) is 3.10. The van der Waals surface area contributed by atoms with E-state index in [0.29, 0.717) is 5.75 Å². The number of ether oxygens (including phenoxy) is 2. The Kier molecular flexibility index (Phi) is 3.79. The molecule has 0 amide bonds. The quantitative estimate of drug-likeness (QED) is 0.417. The molecule has 0 aromatic carbocycles. The molecule has 0 N–H and O–H groups in total. The zero-order valence-corrected chi connectivity index (χ0v) is 8.52. The smallest absolute Gasteiger partial charge is 0.313 e. The molecular weight excluding hydrogens is 198 g/mol. The summed E-state index contributed by atoms with van der Waals surface area (Å²) >= 11 is 0. The van der Waals surface area contributed by atoms with Gasteiger partial charge in [-0.1, -0.05) is 0 Å². The maximum absolute atomic E-state index is 11.5. The molecule has 0 spiro atoms. The predicted octanol–water partition coefficient (Wildman–Crippen LogP) is 0.836. The number of methoxy groups -OCH3 is 2. The summed E-state index contributed by atoms with van der Waals surface area (Å²) in [6.45, 7) is 0. The molecule has 0 saturated carbocycles. The van der Waals surface area contributed by atoms with Gasteiger partial charge in [-0.3, -0.25) is 14.6 Å². The van der Waals surface area contributed by atoms with E-state index in [-0.39, 0.29) is 17.9 Å². The lowest BCUT2D eigenvalue weighted by Gasteiger charge is -2.02. The van der Waals surface area contributed by atoms with Crippen LogP contribution in [0.3, 0.4) is 0 Å². The highest BCUT2D eigenvalue weighted by Crippen LogP contribution is 2.11. The van der Waals surface area contributed by atoms with Crippen LogP contribution in [0.5, 0.6) is 5.75 Å². The maximum atomic E-state index is 11.5. The van der Waals surface area contributed by atoms with E-state index in [1.165, 1.54) is 26.5 Å². The number of hydrogen-bond donors (Lipinski definition) is 0. The monoisotopic (exact) mass is 209 g/mol. The van der Waals surface area contributed by atoms with Crippen molar-refractivity contribution in [1.82, 2.24) is 4.98 Å². The van der Waals surface area contributed by atoms with Crippen molar-refractivity contribution >= 4 is 11.8 Å². The van der Waals surface area contributed by atoms with Crippen molar-refractivity contribution in [2.24, 2.45) is 0 Å². The normalized spacial score (nSPS) is 9.47. The van der Waals surface area contributed by atoms with Gasteiger partial charge in [0.2, 0.25) is 0 Å². The lowest BCUT2D eigenvalue weighted by atomic mass is 10.2. The molecule has 1 rings (SSSR count). The Morgan fingerprint density at radius 3 is 2.73 bits per heavy atom. The molecule has 0 unspecified atom stereocenters. The minimum absolute atomic E-state index is 0.194. The molecule has 5 heteroatoms. The van der Waals surface area contributed by atoms with Gasteiger partial charge in [-0.25, -0.2) is 0 Å². The number of rotatable bonds is 4. The van der Waals surface area contributed by atoms with Crippen LogP contribution in [0.2, 0.25) is 0 Å². The molecule has 80 valence electrons. The van der Waals surface area contributed by atoms with Gasteiger partial charge in [0.1, 0.15) is 17.9 Å². The summed E-state index contributed by atoms with van der Waals surface area (Å²) in [5.41, 5.74) is 0.194. The molecule has 1 aromatic rings. The van der Waals surface area contributed by atoms with Crippen molar-refractivity contribution in [2.45, 2.75) is 6.42 Å². The Morgan fingerprint density at radius 1 is 1.40 bits per heavy atom. The van der Waals surface area contributed by atoms with Crippen molar-refractivity contribution < 1.29 is 19.1 Å². The average Bonchev–Trinajstić information content (AvgIpc) is 2.28. The van der Waals surface area contributed by atoms with Crippen LogP contribution in [0.4, 0.5) is 0 Å². The first kappa shape index (κ1) is 11.2. The van der Waals surface area contributed by atoms with E-state index in [9.17, 15) is 9.59 Å². The first-order valence-electron chi connectivity index (χ1n) is 4.27. The first-order valence-corrected chi connectivity index (χ1v) is 4.27. The van der Waals surface area contributed by atoms with Crippen LogP contribution >= 0.6 is 0 Å². The third kappa shape index (κ3) is 3.05. The molecule has 0 aliphatic heterocycles. The molecule has 0 bridgehead atoms. The van der Waals surface area contributed by atoms with E-state index in [1.54, 1.807) is 6.07 Å². The van der Waals surface area contributed by atoms with Crippen molar-refractivity contribution in [3.8, 4) is 5.75 Å². The number of aromatic nitrogens is 1. The summed E-state index contributed by atoms with van der Waals surface area (Å²) in [4.78, 5) is 26.1. The zero-order chi connectivity index (χ0) is 11.3. The van der Waals surface area contributed by atoms with Crippen LogP contribution in [0.25, 0.3) is 0 Å². The van der Waals surface area contributed by atoms with Gasteiger partial charge in [0.15, 0.2) is 5.78 Å². The molecule has 0 saturated heterocycles. The van der Waals surface area contributed by atoms with Gasteiger partial charge in [0, 0.05) is 12.3 Å². The van der Waals surface area contributed by atoms with E-state index in [2.05, 4.69) is 9.72 Å². The number of Topliss-reactive ketones (excluding diaryl/α,β-unsaturated/α-hetero) is 1. The zero-order valence-electron chi connectivity index (χ0n) is 8.52. The number of esters is 1. The highest BCUT2D eigenvalue weighted by Gasteiger charge is 2.13. The number of carbonyl (C=O) groups is 2. The Hall–Kier alpha value is -1.91. The topological polar surface area (TPSA) is 65.5 Å². The van der Waals surface area contributed by atoms with Crippen LogP contribution in [0.1, 0.15) is 16.9 Å². The number of hydrogen-bond acceptors (Lipinski definition) is 5. The summed E-state index contributed by atoms with van der Waals surface area (Å²) in [5.74, 6) is -0.441. The molecule has 1 heterocycles. The lowest BCUT2D eigenvalue weighted by molar-refractivity contribution is -0.139. The molecule has 0 aliphatic carbocycles. The molecule has 0 atom stereocenters. The van der Waals surface area contributed by atoms with Crippen LogP contribution in [-0.2, 0) is 9.53 Å². The summed E-state index contributed by atoms with van der Waals surface area (Å²) < 4.78 is 9.31. The molecule has 15 heavy (non-hydrogen) atoms. The highest BCUT2D eigenvalue weighted by atomic mass is 16.5. The van der Waals surface area contributed by atoms with E-state index < -0.39 is 5.97 Å². The Bertz CT molecular complexity index is 375. The average molecular weight is 209 g/mol. The van der Waals surface area contributed by atoms with Crippen LogP contribution in [0, 0.1) is 0 Å². The summed E-state index contributed by atoms with van der Waals surface area (Å²) in [5, 5.41) is 0. The maximum Gasteiger partial charge on any atom is 0.313 e. The molecule has 0 aliphatic rings. The Balaban J connectivity index is 2.77.